The van der Waals surface area contributed by atoms with Crippen molar-refractivity contribution in [3.63, 3.8) is 0 Å². The van der Waals surface area contributed by atoms with Gasteiger partial charge in [-0.3, -0.25) is 10.1 Å². The number of carbonyl (C=O) groups excluding carboxylic acids is 2. The molecule has 0 atom stereocenters. The van der Waals surface area contributed by atoms with E-state index in [0.717, 1.165) is 37.4 Å². The van der Waals surface area contributed by atoms with Gasteiger partial charge in [-0.2, -0.15) is 0 Å². The summed E-state index contributed by atoms with van der Waals surface area (Å²) in [6.07, 6.45) is 1.81. The maximum atomic E-state index is 12.1. The molecule has 6 nitrogen and oxygen atoms in total. The molecular weight excluding hydrogens is 282 g/mol. The van der Waals surface area contributed by atoms with Crippen molar-refractivity contribution < 1.29 is 14.3 Å². The number of imide groups is 1. The number of methoxy groups -OCH3 is 1. The average Bonchev–Trinajstić information content (AvgIpc) is 3.40. The highest BCUT2D eigenvalue weighted by Gasteiger charge is 2.32. The molecule has 0 aromatic heterocycles. The fourth-order valence-electron chi connectivity index (χ4n) is 2.67. The summed E-state index contributed by atoms with van der Waals surface area (Å²) in [5.41, 5.74) is 1.04. The zero-order valence-corrected chi connectivity index (χ0v) is 12.7. The summed E-state index contributed by atoms with van der Waals surface area (Å²) in [6.45, 7) is 2.65. The molecule has 0 radical (unpaired) electrons. The zero-order valence-electron chi connectivity index (χ0n) is 12.7. The first-order valence-electron chi connectivity index (χ1n) is 7.67. The van der Waals surface area contributed by atoms with Crippen LogP contribution in [0.3, 0.4) is 0 Å². The van der Waals surface area contributed by atoms with Gasteiger partial charge in [0, 0.05) is 32.1 Å². The van der Waals surface area contributed by atoms with Crippen LogP contribution in [0.15, 0.2) is 24.3 Å². The third kappa shape index (κ3) is 3.16. The molecule has 2 fully saturated rings. The van der Waals surface area contributed by atoms with Gasteiger partial charge in [-0.1, -0.05) is 12.1 Å². The molecule has 3 amide bonds. The number of anilines is 1. The van der Waals surface area contributed by atoms with Crippen LogP contribution in [0, 0.1) is 5.92 Å². The maximum Gasteiger partial charge on any atom is 0.324 e. The second kappa shape index (κ2) is 6.25. The van der Waals surface area contributed by atoms with Gasteiger partial charge in [0.25, 0.3) is 0 Å². The van der Waals surface area contributed by atoms with Gasteiger partial charge in [0.2, 0.25) is 5.91 Å². The number of nitrogens with one attached hydrogen (secondary N) is 1. The molecule has 1 aromatic carbocycles. The molecule has 0 unspecified atom stereocenters. The van der Waals surface area contributed by atoms with Crippen molar-refractivity contribution in [3.8, 4) is 5.75 Å². The van der Waals surface area contributed by atoms with Gasteiger partial charge >= 0.3 is 6.03 Å². The van der Waals surface area contributed by atoms with E-state index in [1.807, 2.05) is 24.3 Å². The largest absolute Gasteiger partial charge is 0.495 e. The number of hydrogen-bond donors (Lipinski definition) is 1. The summed E-state index contributed by atoms with van der Waals surface area (Å²) in [7, 11) is 1.66. The first kappa shape index (κ1) is 14.7. The highest BCUT2D eigenvalue weighted by Crippen LogP contribution is 2.29. The predicted molar refractivity (Wildman–Crippen MR) is 83.0 cm³/mol. The lowest BCUT2D eigenvalue weighted by Crippen LogP contribution is -2.53. The summed E-state index contributed by atoms with van der Waals surface area (Å²) < 4.78 is 5.38. The van der Waals surface area contributed by atoms with E-state index in [0.29, 0.717) is 13.1 Å². The Morgan fingerprint density at radius 1 is 1.14 bits per heavy atom. The van der Waals surface area contributed by atoms with Crippen LogP contribution in [-0.4, -0.2) is 50.1 Å². The molecule has 1 heterocycles. The van der Waals surface area contributed by atoms with Crippen molar-refractivity contribution in [2.75, 3.05) is 38.2 Å². The van der Waals surface area contributed by atoms with Gasteiger partial charge in [0.1, 0.15) is 5.75 Å². The summed E-state index contributed by atoms with van der Waals surface area (Å²) >= 11 is 0. The average molecular weight is 303 g/mol. The van der Waals surface area contributed by atoms with E-state index in [1.54, 1.807) is 12.0 Å². The molecule has 0 bridgehead atoms. The minimum absolute atomic E-state index is 0.0545. The normalized spacial score (nSPS) is 18.0. The number of rotatable bonds is 3. The van der Waals surface area contributed by atoms with Crippen molar-refractivity contribution >= 4 is 17.6 Å². The topological polar surface area (TPSA) is 61.9 Å². The SMILES string of the molecule is COc1ccccc1N1CCN(C(=O)NC(=O)C2CC2)CC1. The first-order valence-corrected chi connectivity index (χ1v) is 7.67. The second-order valence-corrected chi connectivity index (χ2v) is 5.71. The van der Waals surface area contributed by atoms with Crippen molar-refractivity contribution in [2.24, 2.45) is 5.92 Å². The molecule has 1 saturated heterocycles. The van der Waals surface area contributed by atoms with Crippen LogP contribution in [0.1, 0.15) is 12.8 Å². The molecule has 3 rings (SSSR count). The van der Waals surface area contributed by atoms with E-state index in [9.17, 15) is 9.59 Å². The number of amides is 3. The monoisotopic (exact) mass is 303 g/mol. The van der Waals surface area contributed by atoms with Crippen LogP contribution in [0.2, 0.25) is 0 Å². The van der Waals surface area contributed by atoms with E-state index in [2.05, 4.69) is 10.2 Å². The number of piperazine rings is 1. The summed E-state index contributed by atoms with van der Waals surface area (Å²) in [6, 6.07) is 7.60. The van der Waals surface area contributed by atoms with Crippen LogP contribution in [0.25, 0.3) is 0 Å². The fourth-order valence-corrected chi connectivity index (χ4v) is 2.67. The molecule has 1 aliphatic heterocycles. The maximum absolute atomic E-state index is 12.1. The second-order valence-electron chi connectivity index (χ2n) is 5.71. The number of para-hydroxylation sites is 2. The Balaban J connectivity index is 1.55. The summed E-state index contributed by atoms with van der Waals surface area (Å²) in [4.78, 5) is 27.6. The first-order chi connectivity index (χ1) is 10.7. The molecule has 118 valence electrons. The van der Waals surface area contributed by atoms with Crippen molar-refractivity contribution in [2.45, 2.75) is 12.8 Å². The molecule has 0 spiro atoms. The zero-order chi connectivity index (χ0) is 15.5. The standard InChI is InChI=1S/C16H21N3O3/c1-22-14-5-3-2-4-13(14)18-8-10-19(11-9-18)16(21)17-15(20)12-6-7-12/h2-5,12H,6-11H2,1H3,(H,17,20,21). The molecule has 1 saturated carbocycles. The highest BCUT2D eigenvalue weighted by molar-refractivity contribution is 5.96. The Morgan fingerprint density at radius 3 is 2.45 bits per heavy atom. The molecule has 1 N–H and O–H groups in total. The van der Waals surface area contributed by atoms with Crippen LogP contribution in [-0.2, 0) is 4.79 Å². The van der Waals surface area contributed by atoms with E-state index in [1.165, 1.54) is 0 Å². The lowest BCUT2D eigenvalue weighted by molar-refractivity contribution is -0.121. The van der Waals surface area contributed by atoms with Crippen LogP contribution >= 0.6 is 0 Å². The van der Waals surface area contributed by atoms with Crippen LogP contribution in [0.4, 0.5) is 10.5 Å². The van der Waals surface area contributed by atoms with Crippen molar-refractivity contribution in [1.82, 2.24) is 10.2 Å². The van der Waals surface area contributed by atoms with Gasteiger partial charge in [-0.15, -0.1) is 0 Å². The fraction of sp³-hybridized carbons (Fsp3) is 0.500. The molecule has 1 aliphatic carbocycles. The third-order valence-electron chi connectivity index (χ3n) is 4.17. The van der Waals surface area contributed by atoms with Gasteiger partial charge in [-0.25, -0.2) is 4.79 Å². The summed E-state index contributed by atoms with van der Waals surface area (Å²) in [5, 5.41) is 2.49. The Bertz CT molecular complexity index is 564. The Morgan fingerprint density at radius 2 is 1.82 bits per heavy atom. The predicted octanol–water partition coefficient (Wildman–Crippen LogP) is 1.46. The lowest BCUT2D eigenvalue weighted by atomic mass is 10.2. The van der Waals surface area contributed by atoms with Gasteiger partial charge in [0.05, 0.1) is 12.8 Å². The van der Waals surface area contributed by atoms with E-state index in [4.69, 9.17) is 4.74 Å². The Labute approximate surface area is 130 Å². The number of hydrogen-bond acceptors (Lipinski definition) is 4. The Hall–Kier alpha value is -2.24. The van der Waals surface area contributed by atoms with Crippen molar-refractivity contribution in [1.29, 1.82) is 0 Å². The van der Waals surface area contributed by atoms with Gasteiger partial charge < -0.3 is 14.5 Å². The van der Waals surface area contributed by atoms with Gasteiger partial charge in [0.15, 0.2) is 0 Å². The van der Waals surface area contributed by atoms with E-state index < -0.39 is 0 Å². The summed E-state index contributed by atoms with van der Waals surface area (Å²) in [5.74, 6) is 0.764. The molecule has 1 aromatic rings. The number of benzene rings is 1. The third-order valence-corrected chi connectivity index (χ3v) is 4.17. The molecule has 6 heteroatoms. The number of carbonyl (C=O) groups is 2. The highest BCUT2D eigenvalue weighted by atomic mass is 16.5. The van der Waals surface area contributed by atoms with Crippen molar-refractivity contribution in [3.05, 3.63) is 24.3 Å². The number of ether oxygens (including phenoxy) is 1. The Kier molecular flexibility index (Phi) is 4.18. The quantitative estimate of drug-likeness (QED) is 0.918. The van der Waals surface area contributed by atoms with E-state index in [-0.39, 0.29) is 17.9 Å². The van der Waals surface area contributed by atoms with Crippen LogP contribution < -0.4 is 15.0 Å². The molecule has 2 aliphatic rings. The minimum atomic E-state index is -0.267. The van der Waals surface area contributed by atoms with E-state index >= 15 is 0 Å². The van der Waals surface area contributed by atoms with Gasteiger partial charge in [-0.05, 0) is 25.0 Å². The van der Waals surface area contributed by atoms with Crippen LogP contribution in [0.5, 0.6) is 5.75 Å². The molecule has 22 heavy (non-hydrogen) atoms. The minimum Gasteiger partial charge on any atom is -0.495 e. The molecular formula is C16H21N3O3. The number of nitrogens with zero attached hydrogens (tertiary/aromatic N) is 2. The lowest BCUT2D eigenvalue weighted by Gasteiger charge is -2.36. The number of urea groups is 1. The smallest absolute Gasteiger partial charge is 0.324 e.